The molecule has 118 valence electrons. The lowest BCUT2D eigenvalue weighted by Crippen LogP contribution is -2.51. The molecule has 0 radical (unpaired) electrons. The van der Waals surface area contributed by atoms with Gasteiger partial charge in [-0.3, -0.25) is 4.79 Å². The van der Waals surface area contributed by atoms with E-state index in [1.165, 1.54) is 0 Å². The van der Waals surface area contributed by atoms with Crippen molar-refractivity contribution in [3.63, 3.8) is 0 Å². The minimum Gasteiger partial charge on any atom is -0.540 e. The van der Waals surface area contributed by atoms with Crippen molar-refractivity contribution in [3.05, 3.63) is 23.8 Å². The van der Waals surface area contributed by atoms with Crippen LogP contribution in [0.25, 0.3) is 0 Å². The van der Waals surface area contributed by atoms with Gasteiger partial charge in [-0.2, -0.15) is 0 Å². The van der Waals surface area contributed by atoms with E-state index in [-0.39, 0.29) is 0 Å². The van der Waals surface area contributed by atoms with Crippen molar-refractivity contribution in [2.45, 2.75) is 58.2 Å². The maximum absolute atomic E-state index is 11.4. The first-order valence-corrected chi connectivity index (χ1v) is 9.76. The highest BCUT2D eigenvalue weighted by Crippen LogP contribution is 2.45. The van der Waals surface area contributed by atoms with E-state index in [9.17, 15) is 4.79 Å². The van der Waals surface area contributed by atoms with Crippen LogP contribution in [0.3, 0.4) is 0 Å². The zero-order valence-corrected chi connectivity index (χ0v) is 15.3. The van der Waals surface area contributed by atoms with Gasteiger partial charge >= 0.3 is 0 Å². The summed E-state index contributed by atoms with van der Waals surface area (Å²) in [7, 11) is -0.491. The van der Waals surface area contributed by atoms with E-state index in [0.29, 0.717) is 33.7 Å². The van der Waals surface area contributed by atoms with Gasteiger partial charge in [-0.05, 0) is 28.8 Å². The second-order valence-corrected chi connectivity index (χ2v) is 11.8. The minimum absolute atomic E-state index is 0.446. The van der Waals surface area contributed by atoms with Gasteiger partial charge in [0.2, 0.25) is 0 Å². The fourth-order valence-electron chi connectivity index (χ4n) is 3.43. The molecular formula is C17H28O3Si. The molecule has 0 saturated heterocycles. The molecule has 0 unspecified atom stereocenters. The van der Waals surface area contributed by atoms with Crippen molar-refractivity contribution in [1.29, 1.82) is 0 Å². The molecule has 0 atom stereocenters. The molecule has 3 nitrogen and oxygen atoms in total. The number of benzene rings is 1. The number of rotatable bonds is 7. The maximum atomic E-state index is 11.4. The first-order valence-electron chi connectivity index (χ1n) is 7.62. The molecule has 0 aliphatic carbocycles. The van der Waals surface area contributed by atoms with Crippen molar-refractivity contribution in [3.8, 4) is 11.5 Å². The zero-order chi connectivity index (χ0) is 16.2. The van der Waals surface area contributed by atoms with Gasteiger partial charge < -0.3 is 9.16 Å². The van der Waals surface area contributed by atoms with Crippen LogP contribution >= 0.6 is 0 Å². The van der Waals surface area contributed by atoms with Crippen LogP contribution in [0.15, 0.2) is 18.2 Å². The summed E-state index contributed by atoms with van der Waals surface area (Å²) in [6, 6.07) is 5.45. The van der Waals surface area contributed by atoms with Crippen LogP contribution in [0.5, 0.6) is 11.5 Å². The second kappa shape index (κ2) is 7.12. The van der Waals surface area contributed by atoms with E-state index in [0.717, 1.165) is 6.29 Å². The SMILES string of the molecule is COc1cccc(C=O)c1O[Si](C(C)C)(C(C)C)C(C)C. The van der Waals surface area contributed by atoms with Crippen LogP contribution in [0.4, 0.5) is 0 Å². The van der Waals surface area contributed by atoms with Crippen LogP contribution in [0.1, 0.15) is 51.9 Å². The van der Waals surface area contributed by atoms with Crippen molar-refractivity contribution < 1.29 is 14.0 Å². The van der Waals surface area contributed by atoms with E-state index in [2.05, 4.69) is 41.5 Å². The molecule has 0 aliphatic rings. The van der Waals surface area contributed by atoms with Gasteiger partial charge in [0, 0.05) is 0 Å². The number of carbonyl (C=O) groups is 1. The zero-order valence-electron chi connectivity index (χ0n) is 14.3. The summed E-state index contributed by atoms with van der Waals surface area (Å²) >= 11 is 0. The lowest BCUT2D eigenvalue weighted by atomic mass is 10.2. The van der Waals surface area contributed by atoms with E-state index < -0.39 is 8.32 Å². The van der Waals surface area contributed by atoms with Crippen LogP contribution < -0.4 is 9.16 Å². The molecule has 0 bridgehead atoms. The number of aldehydes is 1. The van der Waals surface area contributed by atoms with Gasteiger partial charge in [-0.25, -0.2) is 0 Å². The summed E-state index contributed by atoms with van der Waals surface area (Å²) in [6.07, 6.45) is 0.845. The fourth-order valence-corrected chi connectivity index (χ4v) is 8.71. The molecule has 0 fully saturated rings. The standard InChI is InChI=1S/C17H28O3Si/c1-12(2)21(13(3)4,14(5)6)20-17-15(11-18)9-8-10-16(17)19-7/h8-14H,1-7H3. The molecule has 1 aromatic rings. The topological polar surface area (TPSA) is 35.5 Å². The highest BCUT2D eigenvalue weighted by Gasteiger charge is 2.47. The highest BCUT2D eigenvalue weighted by molar-refractivity contribution is 6.78. The number of carbonyl (C=O) groups excluding carboxylic acids is 1. The Hall–Kier alpha value is -1.29. The molecule has 21 heavy (non-hydrogen) atoms. The summed E-state index contributed by atoms with van der Waals surface area (Å²) in [5.41, 5.74) is 1.90. The predicted octanol–water partition coefficient (Wildman–Crippen LogP) is 5.06. The Bertz CT molecular complexity index is 459. The monoisotopic (exact) mass is 308 g/mol. The smallest absolute Gasteiger partial charge is 0.258 e. The van der Waals surface area contributed by atoms with Gasteiger partial charge in [0.1, 0.15) is 0 Å². The Kier molecular flexibility index (Phi) is 6.02. The van der Waals surface area contributed by atoms with Gasteiger partial charge in [0.05, 0.1) is 12.7 Å². The van der Waals surface area contributed by atoms with E-state index in [1.807, 2.05) is 12.1 Å². The summed E-state index contributed by atoms with van der Waals surface area (Å²) in [6.45, 7) is 13.3. The number of hydrogen-bond donors (Lipinski definition) is 0. The summed E-state index contributed by atoms with van der Waals surface area (Å²) < 4.78 is 12.0. The Morgan fingerprint density at radius 2 is 1.52 bits per heavy atom. The van der Waals surface area contributed by atoms with E-state index in [4.69, 9.17) is 9.16 Å². The number of hydrogen-bond acceptors (Lipinski definition) is 3. The van der Waals surface area contributed by atoms with Crippen molar-refractivity contribution in [2.75, 3.05) is 7.11 Å². The summed E-state index contributed by atoms with van der Waals surface area (Å²) in [4.78, 5) is 11.4. The Morgan fingerprint density at radius 3 is 1.90 bits per heavy atom. The molecule has 1 rings (SSSR count). The average molecular weight is 308 g/mol. The lowest BCUT2D eigenvalue weighted by molar-refractivity contribution is 0.112. The predicted molar refractivity (Wildman–Crippen MR) is 90.1 cm³/mol. The second-order valence-electron chi connectivity index (χ2n) is 6.42. The van der Waals surface area contributed by atoms with Crippen molar-refractivity contribution in [2.24, 2.45) is 0 Å². The van der Waals surface area contributed by atoms with Gasteiger partial charge in [0.15, 0.2) is 17.8 Å². The average Bonchev–Trinajstić information content (AvgIpc) is 2.42. The molecule has 1 aromatic carbocycles. The number of methoxy groups -OCH3 is 1. The van der Waals surface area contributed by atoms with E-state index >= 15 is 0 Å². The third-order valence-corrected chi connectivity index (χ3v) is 10.3. The summed E-state index contributed by atoms with van der Waals surface area (Å²) in [5, 5.41) is 0. The van der Waals surface area contributed by atoms with Gasteiger partial charge in [-0.1, -0.05) is 47.6 Å². The molecule has 0 amide bonds. The molecule has 0 heterocycles. The number of ether oxygens (including phenoxy) is 1. The maximum Gasteiger partial charge on any atom is 0.258 e. The molecule has 4 heteroatoms. The first-order chi connectivity index (χ1) is 9.81. The molecule has 0 aromatic heterocycles. The Labute approximate surface area is 129 Å². The van der Waals surface area contributed by atoms with Crippen LogP contribution in [0.2, 0.25) is 16.6 Å². The third kappa shape index (κ3) is 3.31. The quantitative estimate of drug-likeness (QED) is 0.521. The fraction of sp³-hybridized carbons (Fsp3) is 0.588. The van der Waals surface area contributed by atoms with E-state index in [1.54, 1.807) is 13.2 Å². The third-order valence-electron chi connectivity index (χ3n) is 4.34. The number of para-hydroxylation sites is 1. The van der Waals surface area contributed by atoms with Gasteiger partial charge in [0.25, 0.3) is 8.32 Å². The lowest BCUT2D eigenvalue weighted by Gasteiger charge is -2.42. The molecule has 0 N–H and O–H groups in total. The van der Waals surface area contributed by atoms with Crippen molar-refractivity contribution in [1.82, 2.24) is 0 Å². The normalized spacial score (nSPS) is 12.1. The van der Waals surface area contributed by atoms with Crippen LogP contribution in [0, 0.1) is 0 Å². The first kappa shape index (κ1) is 17.8. The van der Waals surface area contributed by atoms with Crippen LogP contribution in [-0.4, -0.2) is 21.7 Å². The highest BCUT2D eigenvalue weighted by atomic mass is 28.4. The Balaban J connectivity index is 3.43. The molecular weight excluding hydrogens is 280 g/mol. The summed E-state index contributed by atoms with van der Waals surface area (Å²) in [5.74, 6) is 1.25. The van der Waals surface area contributed by atoms with Gasteiger partial charge in [-0.15, -0.1) is 0 Å². The molecule has 0 aliphatic heterocycles. The minimum atomic E-state index is -2.10. The Morgan fingerprint density at radius 1 is 1.00 bits per heavy atom. The molecule has 0 spiro atoms. The molecule has 0 saturated carbocycles. The largest absolute Gasteiger partial charge is 0.540 e. The van der Waals surface area contributed by atoms with Crippen molar-refractivity contribution >= 4 is 14.6 Å². The van der Waals surface area contributed by atoms with Crippen LogP contribution in [-0.2, 0) is 0 Å².